The highest BCUT2D eigenvalue weighted by atomic mass is 16.5. The van der Waals surface area contributed by atoms with Gasteiger partial charge in [-0.2, -0.15) is 0 Å². The topological polar surface area (TPSA) is 30.5 Å². The number of nitrogens with one attached hydrogen (secondary N) is 1. The van der Waals surface area contributed by atoms with Gasteiger partial charge in [0.1, 0.15) is 0 Å². The standard InChI is InChI=1S/C21H27NO2/c1-5-9-19-18(15-22-14-17-10-7-6-8-11-17)12-13-20(23-4)21(19)24-16(2)3/h5-8,10-13,16,22H,1,9,14-15H2,2-4H3. The molecule has 0 aromatic heterocycles. The minimum Gasteiger partial charge on any atom is -0.493 e. The SMILES string of the molecule is C=CCc1c(CNCc2ccccc2)ccc(OC)c1OC(C)C. The van der Waals surface area contributed by atoms with Gasteiger partial charge in [0.15, 0.2) is 11.5 Å². The normalized spacial score (nSPS) is 10.7. The summed E-state index contributed by atoms with van der Waals surface area (Å²) < 4.78 is 11.5. The minimum atomic E-state index is 0.0926. The summed E-state index contributed by atoms with van der Waals surface area (Å²) in [5.41, 5.74) is 3.62. The lowest BCUT2D eigenvalue weighted by molar-refractivity contribution is 0.227. The van der Waals surface area contributed by atoms with Gasteiger partial charge in [0, 0.05) is 18.7 Å². The Bertz CT molecular complexity index is 650. The van der Waals surface area contributed by atoms with E-state index in [-0.39, 0.29) is 6.10 Å². The number of hydrogen-bond acceptors (Lipinski definition) is 3. The van der Waals surface area contributed by atoms with Gasteiger partial charge in [-0.3, -0.25) is 0 Å². The van der Waals surface area contributed by atoms with E-state index in [0.717, 1.165) is 36.6 Å². The molecule has 0 fully saturated rings. The second-order valence-electron chi connectivity index (χ2n) is 5.98. The van der Waals surface area contributed by atoms with E-state index in [0.29, 0.717) is 0 Å². The van der Waals surface area contributed by atoms with Crippen LogP contribution >= 0.6 is 0 Å². The molecular formula is C21H27NO2. The molecule has 0 aliphatic heterocycles. The second-order valence-corrected chi connectivity index (χ2v) is 5.98. The fourth-order valence-electron chi connectivity index (χ4n) is 2.64. The lowest BCUT2D eigenvalue weighted by Gasteiger charge is -2.20. The van der Waals surface area contributed by atoms with Gasteiger partial charge in [-0.05, 0) is 37.5 Å². The van der Waals surface area contributed by atoms with Crippen molar-refractivity contribution < 1.29 is 9.47 Å². The van der Waals surface area contributed by atoms with E-state index in [2.05, 4.69) is 42.2 Å². The Hall–Kier alpha value is -2.26. The molecule has 0 heterocycles. The first kappa shape index (κ1) is 18.1. The molecule has 24 heavy (non-hydrogen) atoms. The van der Waals surface area contributed by atoms with E-state index in [1.807, 2.05) is 32.1 Å². The maximum absolute atomic E-state index is 6.02. The Morgan fingerprint density at radius 1 is 1.08 bits per heavy atom. The van der Waals surface area contributed by atoms with Crippen LogP contribution < -0.4 is 14.8 Å². The third-order valence-corrected chi connectivity index (χ3v) is 3.73. The van der Waals surface area contributed by atoms with Crippen molar-refractivity contribution in [2.24, 2.45) is 0 Å². The molecule has 0 radical (unpaired) electrons. The smallest absolute Gasteiger partial charge is 0.165 e. The van der Waals surface area contributed by atoms with Crippen LogP contribution in [0.3, 0.4) is 0 Å². The van der Waals surface area contributed by atoms with E-state index in [1.165, 1.54) is 11.1 Å². The molecule has 2 aromatic rings. The average molecular weight is 325 g/mol. The molecule has 0 spiro atoms. The predicted molar refractivity (Wildman–Crippen MR) is 99.6 cm³/mol. The number of hydrogen-bond donors (Lipinski definition) is 1. The summed E-state index contributed by atoms with van der Waals surface area (Å²) in [5.74, 6) is 1.60. The Labute approximate surface area is 145 Å². The van der Waals surface area contributed by atoms with Crippen molar-refractivity contribution in [1.29, 1.82) is 0 Å². The van der Waals surface area contributed by atoms with Crippen LogP contribution in [0, 0.1) is 0 Å². The van der Waals surface area contributed by atoms with Gasteiger partial charge < -0.3 is 14.8 Å². The highest BCUT2D eigenvalue weighted by Crippen LogP contribution is 2.35. The number of allylic oxidation sites excluding steroid dienone is 1. The van der Waals surface area contributed by atoms with Crippen LogP contribution in [0.4, 0.5) is 0 Å². The van der Waals surface area contributed by atoms with Crippen molar-refractivity contribution >= 4 is 0 Å². The quantitative estimate of drug-likeness (QED) is 0.689. The Balaban J connectivity index is 2.19. The van der Waals surface area contributed by atoms with Crippen LogP contribution in [0.5, 0.6) is 11.5 Å². The summed E-state index contributed by atoms with van der Waals surface area (Å²) in [6, 6.07) is 14.5. The monoisotopic (exact) mass is 325 g/mol. The van der Waals surface area contributed by atoms with E-state index in [9.17, 15) is 0 Å². The molecule has 0 unspecified atom stereocenters. The van der Waals surface area contributed by atoms with Gasteiger partial charge >= 0.3 is 0 Å². The van der Waals surface area contributed by atoms with Gasteiger partial charge in [-0.25, -0.2) is 0 Å². The zero-order valence-electron chi connectivity index (χ0n) is 14.8. The Morgan fingerprint density at radius 3 is 2.46 bits per heavy atom. The Morgan fingerprint density at radius 2 is 1.83 bits per heavy atom. The molecule has 2 rings (SSSR count). The summed E-state index contributed by atoms with van der Waals surface area (Å²) in [7, 11) is 1.67. The molecular weight excluding hydrogens is 298 g/mol. The van der Waals surface area contributed by atoms with Crippen LogP contribution in [0.15, 0.2) is 55.1 Å². The molecule has 0 bridgehead atoms. The van der Waals surface area contributed by atoms with Crippen LogP contribution in [0.1, 0.15) is 30.5 Å². The number of benzene rings is 2. The Kier molecular flexibility index (Phi) is 6.89. The van der Waals surface area contributed by atoms with Crippen LogP contribution in [-0.4, -0.2) is 13.2 Å². The molecule has 2 aromatic carbocycles. The molecule has 0 aliphatic rings. The molecule has 128 valence electrons. The largest absolute Gasteiger partial charge is 0.493 e. The van der Waals surface area contributed by atoms with Gasteiger partial charge in [0.2, 0.25) is 0 Å². The van der Waals surface area contributed by atoms with Crippen molar-refractivity contribution in [3.63, 3.8) is 0 Å². The second kappa shape index (κ2) is 9.14. The summed E-state index contributed by atoms with van der Waals surface area (Å²) in [6.07, 6.45) is 2.75. The van der Waals surface area contributed by atoms with Gasteiger partial charge in [-0.1, -0.05) is 42.5 Å². The van der Waals surface area contributed by atoms with E-state index in [4.69, 9.17) is 9.47 Å². The number of ether oxygens (including phenoxy) is 2. The molecule has 3 heteroatoms. The lowest BCUT2D eigenvalue weighted by Crippen LogP contribution is -2.16. The highest BCUT2D eigenvalue weighted by Gasteiger charge is 2.15. The fraction of sp³-hybridized carbons (Fsp3) is 0.333. The van der Waals surface area contributed by atoms with Crippen LogP contribution in [0.25, 0.3) is 0 Å². The molecule has 0 saturated carbocycles. The summed E-state index contributed by atoms with van der Waals surface area (Å²) in [6.45, 7) is 9.54. The van der Waals surface area contributed by atoms with Gasteiger partial charge in [0.05, 0.1) is 13.2 Å². The summed E-state index contributed by atoms with van der Waals surface area (Å²) in [5, 5.41) is 3.50. The third-order valence-electron chi connectivity index (χ3n) is 3.73. The van der Waals surface area contributed by atoms with Crippen LogP contribution in [0.2, 0.25) is 0 Å². The lowest BCUT2D eigenvalue weighted by atomic mass is 10.0. The van der Waals surface area contributed by atoms with Gasteiger partial charge in [0.25, 0.3) is 0 Å². The molecule has 0 saturated heterocycles. The molecule has 1 N–H and O–H groups in total. The maximum Gasteiger partial charge on any atom is 0.165 e. The van der Waals surface area contributed by atoms with E-state index in [1.54, 1.807) is 7.11 Å². The molecule has 0 aliphatic carbocycles. The molecule has 3 nitrogen and oxygen atoms in total. The van der Waals surface area contributed by atoms with Crippen molar-refractivity contribution in [1.82, 2.24) is 5.32 Å². The summed E-state index contributed by atoms with van der Waals surface area (Å²) >= 11 is 0. The van der Waals surface area contributed by atoms with Crippen molar-refractivity contribution in [2.75, 3.05) is 7.11 Å². The van der Waals surface area contributed by atoms with Crippen molar-refractivity contribution in [3.05, 3.63) is 71.8 Å². The zero-order valence-corrected chi connectivity index (χ0v) is 14.8. The van der Waals surface area contributed by atoms with E-state index < -0.39 is 0 Å². The fourth-order valence-corrected chi connectivity index (χ4v) is 2.64. The third kappa shape index (κ3) is 4.87. The summed E-state index contributed by atoms with van der Waals surface area (Å²) in [4.78, 5) is 0. The molecule has 0 amide bonds. The van der Waals surface area contributed by atoms with Crippen molar-refractivity contribution in [2.45, 2.75) is 39.5 Å². The first-order valence-corrected chi connectivity index (χ1v) is 8.36. The molecule has 0 atom stereocenters. The number of rotatable bonds is 9. The maximum atomic E-state index is 6.02. The predicted octanol–water partition coefficient (Wildman–Crippen LogP) is 4.50. The van der Waals surface area contributed by atoms with Crippen molar-refractivity contribution in [3.8, 4) is 11.5 Å². The first-order chi connectivity index (χ1) is 11.7. The van der Waals surface area contributed by atoms with E-state index >= 15 is 0 Å². The zero-order chi connectivity index (χ0) is 17.4. The number of methoxy groups -OCH3 is 1. The van der Waals surface area contributed by atoms with Gasteiger partial charge in [-0.15, -0.1) is 6.58 Å². The minimum absolute atomic E-state index is 0.0926. The highest BCUT2D eigenvalue weighted by molar-refractivity contribution is 5.51. The van der Waals surface area contributed by atoms with Crippen LogP contribution in [-0.2, 0) is 19.5 Å². The average Bonchev–Trinajstić information content (AvgIpc) is 2.58. The first-order valence-electron chi connectivity index (χ1n) is 8.36.